The summed E-state index contributed by atoms with van der Waals surface area (Å²) < 4.78 is 0. The zero-order valence-electron chi connectivity index (χ0n) is 20.7. The highest BCUT2D eigenvalue weighted by Crippen LogP contribution is 2.60. The number of aliphatic hydroxyl groups excluding tert-OH is 2. The van der Waals surface area contributed by atoms with Crippen LogP contribution in [-0.4, -0.2) is 44.2 Å². The first-order chi connectivity index (χ1) is 15.4. The van der Waals surface area contributed by atoms with Crippen LogP contribution in [0.4, 0.5) is 0 Å². The molecule has 0 amide bonds. The van der Waals surface area contributed by atoms with E-state index in [9.17, 15) is 20.1 Å². The maximum absolute atomic E-state index is 11.0. The summed E-state index contributed by atoms with van der Waals surface area (Å²) in [5.74, 6) is 0.798. The van der Waals surface area contributed by atoms with E-state index < -0.39 is 23.8 Å². The van der Waals surface area contributed by atoms with Gasteiger partial charge in [0.05, 0.1) is 24.2 Å². The predicted molar refractivity (Wildman–Crippen MR) is 131 cm³/mol. The number of carboxylic acid groups (broad SMARTS) is 1. The van der Waals surface area contributed by atoms with Crippen molar-refractivity contribution in [3.8, 4) is 0 Å². The van der Waals surface area contributed by atoms with Crippen LogP contribution in [0.2, 0.25) is 0 Å². The van der Waals surface area contributed by atoms with Crippen LogP contribution in [0.3, 0.4) is 0 Å². The highest BCUT2D eigenvalue weighted by atomic mass is 16.4. The molecule has 3 saturated carbocycles. The van der Waals surface area contributed by atoms with Gasteiger partial charge in [0.2, 0.25) is 0 Å². The molecule has 3 aliphatic carbocycles. The monoisotopic (exact) mass is 460 g/mol. The average molecular weight is 461 g/mol. The summed E-state index contributed by atoms with van der Waals surface area (Å²) in [6, 6.07) is 0. The summed E-state index contributed by atoms with van der Waals surface area (Å²) in [6.07, 6.45) is 12.3. The Morgan fingerprint density at radius 1 is 1.30 bits per heavy atom. The van der Waals surface area contributed by atoms with E-state index in [0.29, 0.717) is 37.0 Å². The van der Waals surface area contributed by atoms with Crippen molar-refractivity contribution in [2.75, 3.05) is 0 Å². The molecule has 0 aromatic rings. The maximum atomic E-state index is 11.0. The van der Waals surface area contributed by atoms with Crippen LogP contribution in [0.1, 0.15) is 91.4 Å². The van der Waals surface area contributed by atoms with Gasteiger partial charge in [0.1, 0.15) is 0 Å². The molecule has 0 aliphatic heterocycles. The van der Waals surface area contributed by atoms with Crippen LogP contribution in [-0.2, 0) is 4.79 Å². The van der Waals surface area contributed by atoms with Crippen molar-refractivity contribution >= 4 is 5.97 Å². The molecule has 0 aromatic carbocycles. The standard InChI is InChI=1S/C28H44O5/c1-18(7-5-13-27(3,33)17-26(31)32)23-11-12-24-20(8-6-14-28(23,24)4)9-10-21-15-22(29)16-25(30)19(21)2/h9-10,18,22-25,29-30,33H,2,5-8,11-17H2,1,3-4H3,(H,31,32)/b20-9?,21-10-/t18-,22-,23-,24?,25-,27-,28-/m1/s1. The summed E-state index contributed by atoms with van der Waals surface area (Å²) in [5.41, 5.74) is 2.35. The Morgan fingerprint density at radius 3 is 2.73 bits per heavy atom. The van der Waals surface area contributed by atoms with Gasteiger partial charge in [-0.15, -0.1) is 0 Å². The van der Waals surface area contributed by atoms with Crippen molar-refractivity contribution < 1.29 is 25.2 Å². The van der Waals surface area contributed by atoms with E-state index in [4.69, 9.17) is 5.11 Å². The average Bonchev–Trinajstić information content (AvgIpc) is 3.06. The Kier molecular flexibility index (Phi) is 8.29. The molecule has 5 heteroatoms. The Labute approximate surface area is 199 Å². The lowest BCUT2D eigenvalue weighted by Crippen LogP contribution is -2.36. The molecule has 5 nitrogen and oxygen atoms in total. The van der Waals surface area contributed by atoms with E-state index >= 15 is 0 Å². The molecular weight excluding hydrogens is 416 g/mol. The second-order valence-corrected chi connectivity index (χ2v) is 11.6. The molecule has 3 fully saturated rings. The maximum Gasteiger partial charge on any atom is 0.306 e. The lowest BCUT2D eigenvalue weighted by Gasteiger charge is -2.44. The van der Waals surface area contributed by atoms with Gasteiger partial charge in [0.15, 0.2) is 0 Å². The molecule has 7 atom stereocenters. The molecule has 1 unspecified atom stereocenters. The number of aliphatic carboxylic acids is 1. The molecule has 0 bridgehead atoms. The van der Waals surface area contributed by atoms with E-state index in [-0.39, 0.29) is 11.8 Å². The quantitative estimate of drug-likeness (QED) is 0.401. The number of allylic oxidation sites excluding steroid dienone is 3. The smallest absolute Gasteiger partial charge is 0.306 e. The van der Waals surface area contributed by atoms with Crippen LogP contribution >= 0.6 is 0 Å². The van der Waals surface area contributed by atoms with Gasteiger partial charge < -0.3 is 20.4 Å². The van der Waals surface area contributed by atoms with Crippen molar-refractivity contribution in [1.82, 2.24) is 0 Å². The number of rotatable bonds is 8. The molecule has 33 heavy (non-hydrogen) atoms. The third-order valence-corrected chi connectivity index (χ3v) is 8.90. The zero-order chi connectivity index (χ0) is 24.4. The Hall–Kier alpha value is -1.43. The second-order valence-electron chi connectivity index (χ2n) is 11.6. The van der Waals surface area contributed by atoms with Gasteiger partial charge >= 0.3 is 5.97 Å². The van der Waals surface area contributed by atoms with E-state index in [1.807, 2.05) is 0 Å². The van der Waals surface area contributed by atoms with Gasteiger partial charge in [-0.05, 0) is 86.2 Å². The third-order valence-electron chi connectivity index (χ3n) is 8.90. The van der Waals surface area contributed by atoms with Gasteiger partial charge in [0.25, 0.3) is 0 Å². The van der Waals surface area contributed by atoms with Gasteiger partial charge in [0, 0.05) is 6.42 Å². The van der Waals surface area contributed by atoms with Crippen molar-refractivity contribution in [2.45, 2.75) is 109 Å². The Bertz CT molecular complexity index is 794. The van der Waals surface area contributed by atoms with Crippen LogP contribution in [0.15, 0.2) is 35.5 Å². The number of aliphatic hydroxyl groups is 3. The molecular formula is C28H44O5. The minimum absolute atomic E-state index is 0.200. The van der Waals surface area contributed by atoms with E-state index in [2.05, 4.69) is 32.6 Å². The fraction of sp³-hybridized carbons (Fsp3) is 0.750. The van der Waals surface area contributed by atoms with Crippen LogP contribution in [0.25, 0.3) is 0 Å². The highest BCUT2D eigenvalue weighted by molar-refractivity contribution is 5.67. The van der Waals surface area contributed by atoms with Gasteiger partial charge in [-0.1, -0.05) is 51.0 Å². The third kappa shape index (κ3) is 6.17. The number of hydrogen-bond acceptors (Lipinski definition) is 4. The highest BCUT2D eigenvalue weighted by Gasteiger charge is 2.50. The Morgan fingerprint density at radius 2 is 2.03 bits per heavy atom. The second kappa shape index (κ2) is 10.5. The molecule has 0 radical (unpaired) electrons. The fourth-order valence-electron chi connectivity index (χ4n) is 7.10. The first-order valence-corrected chi connectivity index (χ1v) is 12.8. The van der Waals surface area contributed by atoms with E-state index in [0.717, 1.165) is 30.4 Å². The predicted octanol–water partition coefficient (Wildman–Crippen LogP) is 5.16. The minimum atomic E-state index is -1.13. The van der Waals surface area contributed by atoms with Gasteiger partial charge in [-0.25, -0.2) is 0 Å². The lowest BCUT2D eigenvalue weighted by atomic mass is 9.60. The molecule has 0 saturated heterocycles. The molecule has 3 rings (SSSR count). The molecule has 3 aliphatic rings. The van der Waals surface area contributed by atoms with E-state index in [1.165, 1.54) is 31.3 Å². The Balaban J connectivity index is 1.65. The van der Waals surface area contributed by atoms with Crippen molar-refractivity contribution in [3.63, 3.8) is 0 Å². The first kappa shape index (κ1) is 26.2. The largest absolute Gasteiger partial charge is 0.481 e. The number of carboxylic acids is 1. The molecule has 0 spiro atoms. The van der Waals surface area contributed by atoms with Crippen molar-refractivity contribution in [2.24, 2.45) is 23.2 Å². The summed E-state index contributed by atoms with van der Waals surface area (Å²) >= 11 is 0. The summed E-state index contributed by atoms with van der Waals surface area (Å²) in [5, 5.41) is 39.5. The topological polar surface area (TPSA) is 98.0 Å². The SMILES string of the molecule is C=C1/C(=C\C=C2CCC[C@@]3(C)C2CC[C@@H]3[C@H](C)CCC[C@@](C)(O)CC(=O)O)C[C@@H](O)C[C@H]1O. The lowest BCUT2D eigenvalue weighted by molar-refractivity contribution is -0.142. The molecule has 0 aromatic heterocycles. The summed E-state index contributed by atoms with van der Waals surface area (Å²) in [4.78, 5) is 11.0. The minimum Gasteiger partial charge on any atom is -0.481 e. The van der Waals surface area contributed by atoms with Gasteiger partial charge in [-0.3, -0.25) is 4.79 Å². The van der Waals surface area contributed by atoms with Crippen molar-refractivity contribution in [1.29, 1.82) is 0 Å². The molecule has 0 heterocycles. The first-order valence-electron chi connectivity index (χ1n) is 12.8. The summed E-state index contributed by atoms with van der Waals surface area (Å²) in [7, 11) is 0. The zero-order valence-corrected chi connectivity index (χ0v) is 20.7. The molecule has 4 N–H and O–H groups in total. The summed E-state index contributed by atoms with van der Waals surface area (Å²) in [6.45, 7) is 10.5. The van der Waals surface area contributed by atoms with Crippen molar-refractivity contribution in [3.05, 3.63) is 35.5 Å². The number of carbonyl (C=O) groups is 1. The normalized spacial score (nSPS) is 37.7. The van der Waals surface area contributed by atoms with Crippen LogP contribution in [0, 0.1) is 23.2 Å². The number of fused-ring (bicyclic) bond motifs is 1. The van der Waals surface area contributed by atoms with E-state index in [1.54, 1.807) is 6.92 Å². The molecule has 186 valence electrons. The van der Waals surface area contributed by atoms with Gasteiger partial charge in [-0.2, -0.15) is 0 Å². The van der Waals surface area contributed by atoms with Crippen LogP contribution in [0.5, 0.6) is 0 Å². The fourth-order valence-corrected chi connectivity index (χ4v) is 7.10. The number of hydrogen-bond donors (Lipinski definition) is 4. The van der Waals surface area contributed by atoms with Crippen LogP contribution < -0.4 is 0 Å².